The molecule has 0 bridgehead atoms. The first-order valence-electron chi connectivity index (χ1n) is 17.2. The highest BCUT2D eigenvalue weighted by atomic mass is 32.2. The molecule has 0 aliphatic heterocycles. The van der Waals surface area contributed by atoms with Crippen molar-refractivity contribution in [2.24, 2.45) is 0 Å². The van der Waals surface area contributed by atoms with E-state index in [2.05, 4.69) is 78.3 Å². The molecule has 5 nitrogen and oxygen atoms in total. The van der Waals surface area contributed by atoms with E-state index in [0.29, 0.717) is 25.1 Å². The van der Waals surface area contributed by atoms with Crippen molar-refractivity contribution in [2.45, 2.75) is 76.5 Å². The van der Waals surface area contributed by atoms with Gasteiger partial charge in [-0.3, -0.25) is 13.8 Å². The second kappa shape index (κ2) is 22.3. The number of fused-ring (bicyclic) bond motifs is 1. The second-order valence-electron chi connectivity index (χ2n) is 11.9. The van der Waals surface area contributed by atoms with Crippen LogP contribution in [0.1, 0.15) is 88.3 Å². The molecule has 0 spiro atoms. The summed E-state index contributed by atoms with van der Waals surface area (Å²) in [6.45, 7) is 4.75. The van der Waals surface area contributed by atoms with Gasteiger partial charge in [0.25, 0.3) is 0 Å². The molecule has 2 N–H and O–H groups in total. The molecule has 0 saturated heterocycles. The lowest BCUT2D eigenvalue weighted by Crippen LogP contribution is -2.34. The first-order chi connectivity index (χ1) is 23.8. The van der Waals surface area contributed by atoms with Gasteiger partial charge in [-0.2, -0.15) is 0 Å². The lowest BCUT2D eigenvalue weighted by atomic mass is 10.0. The molecule has 0 saturated carbocycles. The fourth-order valence-electron chi connectivity index (χ4n) is 5.37. The van der Waals surface area contributed by atoms with Gasteiger partial charge in [-0.05, 0) is 116 Å². The molecule has 1 aliphatic carbocycles. The molecule has 0 fully saturated rings. The molecule has 1 aliphatic rings. The normalized spacial score (nSPS) is 14.7. The van der Waals surface area contributed by atoms with E-state index >= 15 is 0 Å². The third-order valence-corrected chi connectivity index (χ3v) is 8.95. The zero-order chi connectivity index (χ0) is 35.3. The van der Waals surface area contributed by atoms with E-state index in [0.717, 1.165) is 77.7 Å². The maximum Gasteiger partial charge on any atom is 0.224 e. The van der Waals surface area contributed by atoms with Crippen LogP contribution in [0.5, 0.6) is 0 Å². The quantitative estimate of drug-likeness (QED) is 0.108. The molecule has 2 aromatic rings. The predicted octanol–water partition coefficient (Wildman–Crippen LogP) is 9.43. The molecule has 1 unspecified atom stereocenters. The molecular weight excluding hydrogens is 632 g/mol. The van der Waals surface area contributed by atoms with E-state index < -0.39 is 10.8 Å². The highest BCUT2D eigenvalue weighted by Gasteiger charge is 2.25. The van der Waals surface area contributed by atoms with Crippen molar-refractivity contribution in [3.8, 4) is 0 Å². The van der Waals surface area contributed by atoms with Crippen molar-refractivity contribution in [2.75, 3.05) is 19.3 Å². The fraction of sp³-hybridized carbons (Fsp3) is 0.333. The number of allylic oxidation sites excluding steroid dienone is 12. The Morgan fingerprint density at radius 3 is 1.92 bits per heavy atom. The van der Waals surface area contributed by atoms with Gasteiger partial charge in [-0.15, -0.1) is 0 Å². The van der Waals surface area contributed by atoms with Crippen molar-refractivity contribution >= 4 is 39.8 Å². The average Bonchev–Trinajstić information content (AvgIpc) is 3.33. The molecule has 3 rings (SSSR count). The SMILES string of the molecule is CCC=CCC=CCC=CCC=CCC=CCCCC(=O)NCCNC(=O)CC1=C(C)C(=Cc2ccc(S(C)=O)cc2)c2ccc(F)cc21. The molecule has 0 heterocycles. The highest BCUT2D eigenvalue weighted by Crippen LogP contribution is 2.43. The summed E-state index contributed by atoms with van der Waals surface area (Å²) < 4.78 is 26.0. The van der Waals surface area contributed by atoms with Crippen LogP contribution in [0.3, 0.4) is 0 Å². The van der Waals surface area contributed by atoms with E-state index in [4.69, 9.17) is 0 Å². The smallest absolute Gasteiger partial charge is 0.224 e. The zero-order valence-corrected chi connectivity index (χ0v) is 30.0. The van der Waals surface area contributed by atoms with Gasteiger partial charge in [0, 0.05) is 41.5 Å². The van der Waals surface area contributed by atoms with Crippen LogP contribution in [0.4, 0.5) is 4.39 Å². The van der Waals surface area contributed by atoms with E-state index in [1.54, 1.807) is 12.3 Å². The summed E-state index contributed by atoms with van der Waals surface area (Å²) in [4.78, 5) is 25.9. The maximum atomic E-state index is 14.3. The van der Waals surface area contributed by atoms with Crippen LogP contribution in [-0.2, 0) is 20.4 Å². The van der Waals surface area contributed by atoms with Crippen molar-refractivity contribution < 1.29 is 18.2 Å². The van der Waals surface area contributed by atoms with Gasteiger partial charge in [-0.1, -0.05) is 85.9 Å². The summed E-state index contributed by atoms with van der Waals surface area (Å²) in [5.41, 5.74) is 5.15. The lowest BCUT2D eigenvalue weighted by Gasteiger charge is -2.09. The third kappa shape index (κ3) is 14.3. The molecular formula is C42H51FN2O3S. The zero-order valence-electron chi connectivity index (χ0n) is 29.2. The third-order valence-electron chi connectivity index (χ3n) is 8.02. The van der Waals surface area contributed by atoms with Crippen LogP contribution in [0.25, 0.3) is 17.2 Å². The van der Waals surface area contributed by atoms with Gasteiger partial charge < -0.3 is 10.6 Å². The largest absolute Gasteiger partial charge is 0.354 e. The van der Waals surface area contributed by atoms with Crippen molar-refractivity contribution in [3.63, 3.8) is 0 Å². The van der Waals surface area contributed by atoms with E-state index in [9.17, 15) is 18.2 Å². The number of halogens is 1. The summed E-state index contributed by atoms with van der Waals surface area (Å²) in [5.74, 6) is -0.578. The number of carbonyl (C=O) groups is 2. The van der Waals surface area contributed by atoms with Crippen LogP contribution in [0, 0.1) is 5.82 Å². The van der Waals surface area contributed by atoms with E-state index in [-0.39, 0.29) is 24.1 Å². The Morgan fingerprint density at radius 2 is 1.33 bits per heavy atom. The summed E-state index contributed by atoms with van der Waals surface area (Å²) in [6, 6.07) is 12.1. The molecule has 2 aromatic carbocycles. The Morgan fingerprint density at radius 1 is 0.755 bits per heavy atom. The Balaban J connectivity index is 1.33. The molecule has 1 atom stereocenters. The Bertz CT molecular complexity index is 1630. The number of rotatable bonds is 20. The molecule has 7 heteroatoms. The Hall–Kier alpha value is -4.36. The minimum absolute atomic E-state index is 0.0339. The van der Waals surface area contributed by atoms with E-state index in [1.807, 2.05) is 37.3 Å². The van der Waals surface area contributed by atoms with Crippen LogP contribution >= 0.6 is 0 Å². The Labute approximate surface area is 295 Å². The van der Waals surface area contributed by atoms with Gasteiger partial charge >= 0.3 is 0 Å². The lowest BCUT2D eigenvalue weighted by molar-refractivity contribution is -0.122. The standard InChI is InChI=1S/C42H51FN2O3S/c1-4-5-6-7-8-9-10-11-12-13-14-15-16-17-18-19-20-21-41(46)44-28-29-45-42(47)32-39-33(2)38(37-27-24-35(43)31-40(37)39)30-34-22-25-36(26-23-34)49(3)48/h5-6,8-9,11-12,14-15,17-18,22-27,30-31H,4,7,10,13,16,19-21,28-29,32H2,1-3H3,(H,44,46)(H,45,47). The average molecular weight is 683 g/mol. The molecule has 0 radical (unpaired) electrons. The molecule has 49 heavy (non-hydrogen) atoms. The number of carbonyl (C=O) groups excluding carboxylic acids is 2. The van der Waals surface area contributed by atoms with Gasteiger partial charge in [-0.25, -0.2) is 4.39 Å². The number of unbranched alkanes of at least 4 members (excludes halogenated alkanes) is 1. The number of nitrogens with one attached hydrogen (secondary N) is 2. The maximum absolute atomic E-state index is 14.3. The summed E-state index contributed by atoms with van der Waals surface area (Å²) in [7, 11) is -1.06. The fourth-order valence-corrected chi connectivity index (χ4v) is 5.89. The van der Waals surface area contributed by atoms with Gasteiger partial charge in [0.05, 0.1) is 6.42 Å². The number of benzene rings is 2. The first kappa shape index (κ1) is 39.1. The van der Waals surface area contributed by atoms with Crippen molar-refractivity contribution in [1.82, 2.24) is 10.6 Å². The van der Waals surface area contributed by atoms with Gasteiger partial charge in [0.1, 0.15) is 5.82 Å². The minimum atomic E-state index is -1.06. The van der Waals surface area contributed by atoms with E-state index in [1.165, 1.54) is 12.1 Å². The monoisotopic (exact) mass is 682 g/mol. The van der Waals surface area contributed by atoms with Crippen LogP contribution in [0.15, 0.2) is 114 Å². The topological polar surface area (TPSA) is 75.3 Å². The van der Waals surface area contributed by atoms with Crippen LogP contribution < -0.4 is 10.6 Å². The first-order valence-corrected chi connectivity index (χ1v) is 18.8. The van der Waals surface area contributed by atoms with Crippen LogP contribution in [0.2, 0.25) is 0 Å². The van der Waals surface area contributed by atoms with Crippen molar-refractivity contribution in [1.29, 1.82) is 0 Å². The van der Waals surface area contributed by atoms with Gasteiger partial charge in [0.2, 0.25) is 11.8 Å². The Kier molecular flexibility index (Phi) is 17.8. The molecule has 260 valence electrons. The number of hydrogen-bond acceptors (Lipinski definition) is 3. The molecule has 2 amide bonds. The summed E-state index contributed by atoms with van der Waals surface area (Å²) >= 11 is 0. The predicted molar refractivity (Wildman–Crippen MR) is 205 cm³/mol. The van der Waals surface area contributed by atoms with Crippen LogP contribution in [-0.4, -0.2) is 35.4 Å². The number of amides is 2. The summed E-state index contributed by atoms with van der Waals surface area (Å²) in [5, 5.41) is 5.75. The minimum Gasteiger partial charge on any atom is -0.354 e. The number of hydrogen-bond donors (Lipinski definition) is 2. The van der Waals surface area contributed by atoms with Crippen molar-refractivity contribution in [3.05, 3.63) is 131 Å². The highest BCUT2D eigenvalue weighted by molar-refractivity contribution is 7.84. The second-order valence-corrected chi connectivity index (χ2v) is 13.2. The summed E-state index contributed by atoms with van der Waals surface area (Å²) in [6.07, 6.45) is 32.4. The molecule has 0 aromatic heterocycles. The van der Waals surface area contributed by atoms with Gasteiger partial charge in [0.15, 0.2) is 0 Å².